The lowest BCUT2D eigenvalue weighted by Gasteiger charge is -2.32. The first-order chi connectivity index (χ1) is 8.27. The van der Waals surface area contributed by atoms with Gasteiger partial charge in [0.15, 0.2) is 0 Å². The largest absolute Gasteiger partial charge is 0.478 e. The zero-order valence-corrected chi connectivity index (χ0v) is 14.2. The molecular formula is C15H30O2Si. The van der Waals surface area contributed by atoms with Gasteiger partial charge in [0.1, 0.15) is 0 Å². The van der Waals surface area contributed by atoms with Gasteiger partial charge in [0, 0.05) is 5.57 Å². The van der Waals surface area contributed by atoms with Crippen molar-refractivity contribution in [3.05, 3.63) is 10.8 Å². The van der Waals surface area contributed by atoms with E-state index in [0.29, 0.717) is 22.6 Å². The predicted octanol–water partition coefficient (Wildman–Crippen LogP) is 4.41. The second-order valence-corrected chi connectivity index (χ2v) is 9.79. The van der Waals surface area contributed by atoms with Gasteiger partial charge in [-0.1, -0.05) is 59.6 Å². The Kier molecular flexibility index (Phi) is 7.53. The molecule has 0 fully saturated rings. The van der Waals surface area contributed by atoms with Gasteiger partial charge in [-0.3, -0.25) is 0 Å². The molecular weight excluding hydrogens is 240 g/mol. The lowest BCUT2D eigenvalue weighted by atomic mass is 10.1. The quantitative estimate of drug-likeness (QED) is 0.549. The molecule has 1 N–H and O–H groups in total. The summed E-state index contributed by atoms with van der Waals surface area (Å²) in [6.45, 7) is 15.1. The maximum absolute atomic E-state index is 11.3. The maximum Gasteiger partial charge on any atom is 0.330 e. The number of aliphatic carboxylic acids is 1. The molecule has 0 spiro atoms. The number of carboxylic acid groups (broad SMARTS) is 1. The Balaban J connectivity index is 5.65. The van der Waals surface area contributed by atoms with E-state index in [1.807, 2.05) is 0 Å². The highest BCUT2D eigenvalue weighted by Crippen LogP contribution is 2.36. The third-order valence-electron chi connectivity index (χ3n) is 4.25. The summed E-state index contributed by atoms with van der Waals surface area (Å²) in [6.07, 6.45) is 2.31. The van der Waals surface area contributed by atoms with Crippen molar-refractivity contribution in [3.8, 4) is 0 Å². The van der Waals surface area contributed by atoms with Gasteiger partial charge in [-0.2, -0.15) is 0 Å². The molecule has 0 radical (unpaired) electrons. The highest BCUT2D eigenvalue weighted by Gasteiger charge is 2.31. The molecule has 106 valence electrons. The summed E-state index contributed by atoms with van der Waals surface area (Å²) in [6, 6.07) is 0. The molecule has 0 amide bonds. The second kappa shape index (κ2) is 7.77. The van der Waals surface area contributed by atoms with Gasteiger partial charge in [-0.15, -0.1) is 0 Å². The van der Waals surface area contributed by atoms with Crippen LogP contribution < -0.4 is 0 Å². The van der Waals surface area contributed by atoms with E-state index in [4.69, 9.17) is 0 Å². The summed E-state index contributed by atoms with van der Waals surface area (Å²) in [7, 11) is -1.21. The molecule has 0 aliphatic heterocycles. The summed E-state index contributed by atoms with van der Waals surface area (Å²) in [5.41, 5.74) is 1.96. The Bertz CT molecular complexity index is 298. The number of carboxylic acids is 1. The standard InChI is InChI=1S/C15H30O2Si/c1-8-11(5)18(12(6)9-2)14(10(3)4)13(7)15(16)17/h10-12,18H,8-9H2,1-7H3,(H,16,17). The average Bonchev–Trinajstić information content (AvgIpc) is 2.32. The molecule has 0 aromatic carbocycles. The highest BCUT2D eigenvalue weighted by molar-refractivity contribution is 6.70. The molecule has 0 saturated heterocycles. The van der Waals surface area contributed by atoms with E-state index in [1.54, 1.807) is 6.92 Å². The van der Waals surface area contributed by atoms with Crippen LogP contribution in [0.5, 0.6) is 0 Å². The van der Waals surface area contributed by atoms with Crippen LogP contribution in [0.15, 0.2) is 10.8 Å². The van der Waals surface area contributed by atoms with Crippen molar-refractivity contribution in [2.24, 2.45) is 5.92 Å². The molecule has 0 aliphatic carbocycles. The summed E-state index contributed by atoms with van der Waals surface area (Å²) in [5, 5.41) is 10.6. The highest BCUT2D eigenvalue weighted by atomic mass is 28.3. The summed E-state index contributed by atoms with van der Waals surface area (Å²) in [4.78, 5) is 11.3. The molecule has 0 aromatic heterocycles. The van der Waals surface area contributed by atoms with Crippen molar-refractivity contribution in [2.45, 2.75) is 72.4 Å². The van der Waals surface area contributed by atoms with Crippen LogP contribution in [-0.2, 0) is 4.79 Å². The van der Waals surface area contributed by atoms with E-state index in [9.17, 15) is 9.90 Å². The van der Waals surface area contributed by atoms with Crippen LogP contribution in [0, 0.1) is 5.92 Å². The lowest BCUT2D eigenvalue weighted by Crippen LogP contribution is -2.31. The molecule has 0 saturated carbocycles. The molecule has 0 heterocycles. The Labute approximate surface area is 114 Å². The maximum atomic E-state index is 11.3. The van der Waals surface area contributed by atoms with Crippen molar-refractivity contribution >= 4 is 14.8 Å². The van der Waals surface area contributed by atoms with Gasteiger partial charge >= 0.3 is 5.97 Å². The van der Waals surface area contributed by atoms with Crippen LogP contribution in [-0.4, -0.2) is 19.9 Å². The summed E-state index contributed by atoms with van der Waals surface area (Å²) >= 11 is 0. The van der Waals surface area contributed by atoms with Gasteiger partial charge in [0.2, 0.25) is 0 Å². The van der Waals surface area contributed by atoms with E-state index in [-0.39, 0.29) is 0 Å². The fraction of sp³-hybridized carbons (Fsp3) is 0.800. The third-order valence-corrected chi connectivity index (χ3v) is 9.46. The SMILES string of the molecule is CCC(C)[SiH](C(=C(C)C(=O)O)C(C)C)C(C)CC. The zero-order valence-electron chi connectivity index (χ0n) is 13.1. The van der Waals surface area contributed by atoms with E-state index in [2.05, 4.69) is 41.5 Å². The molecule has 0 rings (SSSR count). The lowest BCUT2D eigenvalue weighted by molar-refractivity contribution is -0.132. The topological polar surface area (TPSA) is 37.3 Å². The van der Waals surface area contributed by atoms with Gasteiger partial charge in [-0.05, 0) is 23.9 Å². The average molecular weight is 270 g/mol. The fourth-order valence-corrected chi connectivity index (χ4v) is 7.63. The van der Waals surface area contributed by atoms with Crippen molar-refractivity contribution in [1.29, 1.82) is 0 Å². The number of hydrogen-bond donors (Lipinski definition) is 1. The number of hydrogen-bond acceptors (Lipinski definition) is 1. The first-order valence-electron chi connectivity index (χ1n) is 7.21. The van der Waals surface area contributed by atoms with Crippen LogP contribution >= 0.6 is 0 Å². The van der Waals surface area contributed by atoms with Crippen molar-refractivity contribution in [1.82, 2.24) is 0 Å². The van der Waals surface area contributed by atoms with E-state index in [0.717, 1.165) is 12.8 Å². The molecule has 2 unspecified atom stereocenters. The smallest absolute Gasteiger partial charge is 0.330 e. The second-order valence-electron chi connectivity index (χ2n) is 5.84. The molecule has 0 aliphatic rings. The van der Waals surface area contributed by atoms with E-state index >= 15 is 0 Å². The zero-order chi connectivity index (χ0) is 14.5. The van der Waals surface area contributed by atoms with Crippen LogP contribution in [0.2, 0.25) is 11.1 Å². The van der Waals surface area contributed by atoms with Crippen molar-refractivity contribution < 1.29 is 9.90 Å². The van der Waals surface area contributed by atoms with Gasteiger partial charge in [0.25, 0.3) is 0 Å². The molecule has 0 aromatic rings. The number of rotatable bonds is 7. The normalized spacial score (nSPS) is 18.2. The number of allylic oxidation sites excluding steroid dienone is 1. The monoisotopic (exact) mass is 270 g/mol. The van der Waals surface area contributed by atoms with Crippen LogP contribution in [0.4, 0.5) is 0 Å². The van der Waals surface area contributed by atoms with Gasteiger partial charge < -0.3 is 5.11 Å². The first-order valence-corrected chi connectivity index (χ1v) is 9.12. The molecule has 2 nitrogen and oxygen atoms in total. The molecule has 18 heavy (non-hydrogen) atoms. The predicted molar refractivity (Wildman–Crippen MR) is 81.8 cm³/mol. The molecule has 2 atom stereocenters. The van der Waals surface area contributed by atoms with E-state index < -0.39 is 14.8 Å². The summed E-state index contributed by atoms with van der Waals surface area (Å²) < 4.78 is 0. The van der Waals surface area contributed by atoms with Gasteiger partial charge in [0.05, 0.1) is 8.80 Å². The van der Waals surface area contributed by atoms with Crippen LogP contribution in [0.3, 0.4) is 0 Å². The minimum absolute atomic E-state index is 0.362. The Morgan fingerprint density at radius 2 is 1.44 bits per heavy atom. The third kappa shape index (κ3) is 4.27. The Hall–Kier alpha value is -0.573. The van der Waals surface area contributed by atoms with Crippen LogP contribution in [0.1, 0.15) is 61.3 Å². The Morgan fingerprint density at radius 3 is 1.67 bits per heavy atom. The molecule has 3 heteroatoms. The minimum atomic E-state index is -1.21. The number of carbonyl (C=O) groups is 1. The van der Waals surface area contributed by atoms with Crippen LogP contribution in [0.25, 0.3) is 0 Å². The van der Waals surface area contributed by atoms with E-state index in [1.165, 1.54) is 5.20 Å². The Morgan fingerprint density at radius 1 is 1.06 bits per heavy atom. The van der Waals surface area contributed by atoms with Gasteiger partial charge in [-0.25, -0.2) is 4.79 Å². The molecule has 0 bridgehead atoms. The van der Waals surface area contributed by atoms with Crippen molar-refractivity contribution in [2.75, 3.05) is 0 Å². The fourth-order valence-electron chi connectivity index (χ4n) is 2.87. The minimum Gasteiger partial charge on any atom is -0.478 e. The summed E-state index contributed by atoms with van der Waals surface area (Å²) in [5.74, 6) is -0.372. The van der Waals surface area contributed by atoms with Crippen molar-refractivity contribution in [3.63, 3.8) is 0 Å². The first kappa shape index (κ1) is 17.4.